The highest BCUT2D eigenvalue weighted by Crippen LogP contribution is 2.08. The van der Waals surface area contributed by atoms with Crippen LogP contribution < -0.4 is 5.32 Å². The van der Waals surface area contributed by atoms with Crippen molar-refractivity contribution in [2.75, 3.05) is 5.32 Å². The minimum Gasteiger partial charge on any atom is -0.321 e. The van der Waals surface area contributed by atoms with Gasteiger partial charge in [0.15, 0.2) is 0 Å². The molecule has 104 valence electrons. The number of anilines is 1. The Bertz CT molecular complexity index is 724. The standard InChI is InChI=1S/C15H13N5O/c21-15(18-13-6-8-16-9-7-13)14-10-17-19-20(14)11-12-4-2-1-3-5-12/h1-10H,11H2,(H,16,18,21). The van der Waals surface area contributed by atoms with E-state index in [0.717, 1.165) is 5.56 Å². The van der Waals surface area contributed by atoms with Gasteiger partial charge < -0.3 is 5.32 Å². The molecule has 1 N–H and O–H groups in total. The molecule has 0 atom stereocenters. The molecule has 0 aliphatic rings. The smallest absolute Gasteiger partial charge is 0.275 e. The molecule has 6 heteroatoms. The third kappa shape index (κ3) is 3.11. The van der Waals surface area contributed by atoms with Crippen molar-refractivity contribution in [3.8, 4) is 0 Å². The molecule has 0 saturated carbocycles. The first-order valence-electron chi connectivity index (χ1n) is 6.47. The predicted molar refractivity (Wildman–Crippen MR) is 77.8 cm³/mol. The van der Waals surface area contributed by atoms with Gasteiger partial charge in [0.05, 0.1) is 12.7 Å². The van der Waals surface area contributed by atoms with Crippen LogP contribution in [0.2, 0.25) is 0 Å². The maximum atomic E-state index is 12.3. The normalized spacial score (nSPS) is 10.3. The van der Waals surface area contributed by atoms with E-state index in [9.17, 15) is 4.79 Å². The maximum absolute atomic E-state index is 12.3. The van der Waals surface area contributed by atoms with Crippen LogP contribution in [0.25, 0.3) is 0 Å². The molecular formula is C15H13N5O. The topological polar surface area (TPSA) is 72.7 Å². The molecule has 0 fully saturated rings. The second-order valence-corrected chi connectivity index (χ2v) is 4.45. The third-order valence-corrected chi connectivity index (χ3v) is 2.96. The number of carbonyl (C=O) groups excluding carboxylic acids is 1. The molecule has 0 saturated heterocycles. The van der Waals surface area contributed by atoms with Gasteiger partial charge in [0.2, 0.25) is 0 Å². The van der Waals surface area contributed by atoms with Gasteiger partial charge >= 0.3 is 0 Å². The number of carbonyl (C=O) groups is 1. The zero-order valence-electron chi connectivity index (χ0n) is 11.2. The van der Waals surface area contributed by atoms with E-state index in [1.165, 1.54) is 6.20 Å². The van der Waals surface area contributed by atoms with Gasteiger partial charge in [0.1, 0.15) is 5.69 Å². The van der Waals surface area contributed by atoms with Crippen molar-refractivity contribution in [1.29, 1.82) is 0 Å². The zero-order chi connectivity index (χ0) is 14.5. The van der Waals surface area contributed by atoms with Gasteiger partial charge in [-0.3, -0.25) is 9.78 Å². The number of pyridine rings is 1. The number of hydrogen-bond donors (Lipinski definition) is 1. The van der Waals surface area contributed by atoms with Crippen molar-refractivity contribution in [1.82, 2.24) is 20.0 Å². The highest BCUT2D eigenvalue weighted by atomic mass is 16.2. The quantitative estimate of drug-likeness (QED) is 0.792. The van der Waals surface area contributed by atoms with Crippen LogP contribution in [0.4, 0.5) is 5.69 Å². The summed E-state index contributed by atoms with van der Waals surface area (Å²) in [5.41, 5.74) is 2.15. The lowest BCUT2D eigenvalue weighted by molar-refractivity contribution is 0.101. The molecule has 3 rings (SSSR count). The van der Waals surface area contributed by atoms with Crippen LogP contribution >= 0.6 is 0 Å². The van der Waals surface area contributed by atoms with E-state index in [0.29, 0.717) is 17.9 Å². The molecule has 0 spiro atoms. The summed E-state index contributed by atoms with van der Waals surface area (Å²) in [7, 11) is 0. The van der Waals surface area contributed by atoms with Crippen molar-refractivity contribution in [2.45, 2.75) is 6.54 Å². The van der Waals surface area contributed by atoms with Crippen LogP contribution in [0.1, 0.15) is 16.1 Å². The second-order valence-electron chi connectivity index (χ2n) is 4.45. The van der Waals surface area contributed by atoms with Crippen LogP contribution in [0.15, 0.2) is 61.1 Å². The average molecular weight is 279 g/mol. The number of hydrogen-bond acceptors (Lipinski definition) is 4. The minimum atomic E-state index is -0.248. The van der Waals surface area contributed by atoms with E-state index >= 15 is 0 Å². The Kier molecular flexibility index (Phi) is 3.68. The predicted octanol–water partition coefficient (Wildman–Crippen LogP) is 1.97. The fourth-order valence-electron chi connectivity index (χ4n) is 1.94. The van der Waals surface area contributed by atoms with E-state index in [1.54, 1.807) is 29.2 Å². The van der Waals surface area contributed by atoms with Gasteiger partial charge in [-0.15, -0.1) is 5.10 Å². The Balaban J connectivity index is 1.77. The van der Waals surface area contributed by atoms with Crippen molar-refractivity contribution < 1.29 is 4.79 Å². The Morgan fingerprint density at radius 2 is 1.86 bits per heavy atom. The molecule has 6 nitrogen and oxygen atoms in total. The van der Waals surface area contributed by atoms with Gasteiger partial charge in [-0.1, -0.05) is 35.5 Å². The number of amides is 1. The maximum Gasteiger partial charge on any atom is 0.275 e. The van der Waals surface area contributed by atoms with Crippen LogP contribution in [0.3, 0.4) is 0 Å². The van der Waals surface area contributed by atoms with Gasteiger partial charge in [-0.2, -0.15) is 0 Å². The van der Waals surface area contributed by atoms with Crippen molar-refractivity contribution in [3.63, 3.8) is 0 Å². The number of benzene rings is 1. The molecule has 0 bridgehead atoms. The molecule has 2 aromatic heterocycles. The summed E-state index contributed by atoms with van der Waals surface area (Å²) >= 11 is 0. The molecular weight excluding hydrogens is 266 g/mol. The van der Waals surface area contributed by atoms with E-state index < -0.39 is 0 Å². The van der Waals surface area contributed by atoms with Gasteiger partial charge in [-0.25, -0.2) is 4.68 Å². The number of nitrogens with one attached hydrogen (secondary N) is 1. The molecule has 0 aliphatic heterocycles. The summed E-state index contributed by atoms with van der Waals surface area (Å²) in [6.07, 6.45) is 4.70. The molecule has 3 aromatic rings. The fraction of sp³-hybridized carbons (Fsp3) is 0.0667. The van der Waals surface area contributed by atoms with Crippen LogP contribution in [0, 0.1) is 0 Å². The first-order chi connectivity index (χ1) is 10.3. The average Bonchev–Trinajstić information content (AvgIpc) is 2.97. The van der Waals surface area contributed by atoms with Crippen molar-refractivity contribution in [3.05, 3.63) is 72.3 Å². The van der Waals surface area contributed by atoms with Gasteiger partial charge in [0.25, 0.3) is 5.91 Å². The Labute approximate surface area is 121 Å². The van der Waals surface area contributed by atoms with E-state index in [4.69, 9.17) is 0 Å². The number of aromatic nitrogens is 4. The Hall–Kier alpha value is -3.02. The summed E-state index contributed by atoms with van der Waals surface area (Å²) < 4.78 is 1.58. The Morgan fingerprint density at radius 1 is 1.10 bits per heavy atom. The first-order valence-corrected chi connectivity index (χ1v) is 6.47. The molecule has 1 aromatic carbocycles. The summed E-state index contributed by atoms with van der Waals surface area (Å²) in [4.78, 5) is 16.2. The molecule has 0 radical (unpaired) electrons. The summed E-state index contributed by atoms with van der Waals surface area (Å²) in [6.45, 7) is 0.500. The lowest BCUT2D eigenvalue weighted by atomic mass is 10.2. The lowest BCUT2D eigenvalue weighted by Gasteiger charge is -2.07. The van der Waals surface area contributed by atoms with E-state index in [1.807, 2.05) is 30.3 Å². The highest BCUT2D eigenvalue weighted by molar-refractivity contribution is 6.02. The number of nitrogens with zero attached hydrogens (tertiary/aromatic N) is 4. The fourth-order valence-corrected chi connectivity index (χ4v) is 1.94. The zero-order valence-corrected chi connectivity index (χ0v) is 11.2. The second kappa shape index (κ2) is 5.96. The van der Waals surface area contributed by atoms with Crippen LogP contribution in [-0.2, 0) is 6.54 Å². The molecule has 1 amide bonds. The largest absolute Gasteiger partial charge is 0.321 e. The highest BCUT2D eigenvalue weighted by Gasteiger charge is 2.13. The molecule has 21 heavy (non-hydrogen) atoms. The van der Waals surface area contributed by atoms with Gasteiger partial charge in [0, 0.05) is 18.1 Å². The van der Waals surface area contributed by atoms with Crippen molar-refractivity contribution >= 4 is 11.6 Å². The summed E-state index contributed by atoms with van der Waals surface area (Å²) in [5.74, 6) is -0.248. The summed E-state index contributed by atoms with van der Waals surface area (Å²) in [5, 5.41) is 10.6. The molecule has 0 aliphatic carbocycles. The van der Waals surface area contributed by atoms with Gasteiger partial charge in [-0.05, 0) is 17.7 Å². The monoisotopic (exact) mass is 279 g/mol. The molecule has 2 heterocycles. The number of rotatable bonds is 4. The van der Waals surface area contributed by atoms with E-state index in [-0.39, 0.29) is 5.91 Å². The van der Waals surface area contributed by atoms with Crippen LogP contribution in [0.5, 0.6) is 0 Å². The minimum absolute atomic E-state index is 0.248. The molecule has 0 unspecified atom stereocenters. The first kappa shape index (κ1) is 13.0. The van der Waals surface area contributed by atoms with Crippen molar-refractivity contribution in [2.24, 2.45) is 0 Å². The Morgan fingerprint density at radius 3 is 2.62 bits per heavy atom. The van der Waals surface area contributed by atoms with E-state index in [2.05, 4.69) is 20.6 Å². The van der Waals surface area contributed by atoms with Crippen LogP contribution in [-0.4, -0.2) is 25.9 Å². The SMILES string of the molecule is O=C(Nc1ccncc1)c1cnnn1Cc1ccccc1. The summed E-state index contributed by atoms with van der Waals surface area (Å²) in [6, 6.07) is 13.2. The third-order valence-electron chi connectivity index (χ3n) is 2.96. The lowest BCUT2D eigenvalue weighted by Crippen LogP contribution is -2.18.